The Hall–Kier alpha value is -2.63. The van der Waals surface area contributed by atoms with E-state index >= 15 is 0 Å². The number of ether oxygens (including phenoxy) is 1. The Kier molecular flexibility index (Phi) is 5.43. The second kappa shape index (κ2) is 8.01. The van der Waals surface area contributed by atoms with Crippen molar-refractivity contribution in [3.8, 4) is 11.1 Å². The van der Waals surface area contributed by atoms with Crippen LogP contribution in [0.2, 0.25) is 0 Å². The van der Waals surface area contributed by atoms with E-state index in [4.69, 9.17) is 4.74 Å². The molecule has 1 N–H and O–H groups in total. The van der Waals surface area contributed by atoms with Gasteiger partial charge in [-0.3, -0.25) is 0 Å². The second-order valence-electron chi connectivity index (χ2n) is 7.38. The highest BCUT2D eigenvalue weighted by molar-refractivity contribution is 5.65. The quantitative estimate of drug-likeness (QED) is 0.542. The normalized spacial score (nSPS) is 16.7. The summed E-state index contributed by atoms with van der Waals surface area (Å²) in [5, 5.41) is 9.47. The van der Waals surface area contributed by atoms with Crippen molar-refractivity contribution in [2.45, 2.75) is 32.0 Å². The molecule has 2 atom stereocenters. The van der Waals surface area contributed by atoms with Gasteiger partial charge in [0.25, 0.3) is 0 Å². The van der Waals surface area contributed by atoms with Gasteiger partial charge >= 0.3 is 0 Å². The van der Waals surface area contributed by atoms with Gasteiger partial charge in [0.15, 0.2) is 11.6 Å². The fourth-order valence-electron chi connectivity index (χ4n) is 3.46. The molecule has 29 heavy (non-hydrogen) atoms. The number of aliphatic hydroxyl groups is 1. The van der Waals surface area contributed by atoms with Gasteiger partial charge in [-0.2, -0.15) is 0 Å². The van der Waals surface area contributed by atoms with E-state index in [1.807, 2.05) is 30.3 Å². The molecule has 0 bridgehead atoms. The average molecular weight is 398 g/mol. The largest absolute Gasteiger partial charge is 0.389 e. The summed E-state index contributed by atoms with van der Waals surface area (Å²) in [7, 11) is 0. The SMILES string of the molecule is CC(O)c1ccc(CCc2ccc(-c3ccc(C4CO4)cc3F)cc2)c(F)c1F. The maximum absolute atomic E-state index is 14.4. The van der Waals surface area contributed by atoms with Crippen LogP contribution in [-0.4, -0.2) is 11.7 Å². The predicted octanol–water partition coefficient (Wildman–Crippen LogP) is 5.68. The van der Waals surface area contributed by atoms with Crippen molar-refractivity contribution in [2.24, 2.45) is 0 Å². The summed E-state index contributed by atoms with van der Waals surface area (Å²) in [6.45, 7) is 2.04. The first-order chi connectivity index (χ1) is 13.9. The molecule has 3 aromatic rings. The maximum Gasteiger partial charge on any atom is 0.164 e. The van der Waals surface area contributed by atoms with E-state index in [9.17, 15) is 18.3 Å². The van der Waals surface area contributed by atoms with Gasteiger partial charge in [-0.05, 0) is 48.1 Å². The number of benzene rings is 3. The highest BCUT2D eigenvalue weighted by atomic mass is 19.2. The Bertz CT molecular complexity index is 1030. The minimum Gasteiger partial charge on any atom is -0.389 e. The molecule has 150 valence electrons. The van der Waals surface area contributed by atoms with Crippen LogP contribution in [0.3, 0.4) is 0 Å². The molecule has 1 heterocycles. The number of hydrogen-bond acceptors (Lipinski definition) is 2. The molecule has 0 saturated carbocycles. The number of halogens is 3. The Morgan fingerprint density at radius 1 is 0.966 bits per heavy atom. The summed E-state index contributed by atoms with van der Waals surface area (Å²) in [6.07, 6.45) is -0.198. The molecule has 0 radical (unpaired) electrons. The molecule has 1 fully saturated rings. The molecule has 3 aromatic carbocycles. The lowest BCUT2D eigenvalue weighted by atomic mass is 9.98. The Labute approximate surface area is 167 Å². The zero-order valence-corrected chi connectivity index (χ0v) is 16.0. The highest BCUT2D eigenvalue weighted by Crippen LogP contribution is 2.33. The summed E-state index contributed by atoms with van der Waals surface area (Å²) in [6, 6.07) is 15.5. The van der Waals surface area contributed by atoms with Gasteiger partial charge in [0.2, 0.25) is 0 Å². The second-order valence-corrected chi connectivity index (χ2v) is 7.38. The lowest BCUT2D eigenvalue weighted by Crippen LogP contribution is -2.03. The van der Waals surface area contributed by atoms with Crippen molar-refractivity contribution in [3.05, 3.63) is 94.3 Å². The molecular formula is C24H21F3O2. The number of aliphatic hydroxyl groups excluding tert-OH is 1. The van der Waals surface area contributed by atoms with E-state index < -0.39 is 17.7 Å². The fourth-order valence-corrected chi connectivity index (χ4v) is 3.46. The summed E-state index contributed by atoms with van der Waals surface area (Å²) in [5.74, 6) is -2.20. The molecule has 4 rings (SSSR count). The highest BCUT2D eigenvalue weighted by Gasteiger charge is 2.25. The summed E-state index contributed by atoms with van der Waals surface area (Å²) < 4.78 is 47.8. The van der Waals surface area contributed by atoms with E-state index in [0.29, 0.717) is 25.0 Å². The van der Waals surface area contributed by atoms with Gasteiger partial charge in [-0.15, -0.1) is 0 Å². The number of hydrogen-bond donors (Lipinski definition) is 1. The molecule has 0 spiro atoms. The molecule has 2 nitrogen and oxygen atoms in total. The van der Waals surface area contributed by atoms with E-state index in [-0.39, 0.29) is 23.0 Å². The molecule has 5 heteroatoms. The Morgan fingerprint density at radius 2 is 1.69 bits per heavy atom. The minimum absolute atomic E-state index is 0.0146. The fraction of sp³-hybridized carbons (Fsp3) is 0.250. The third kappa shape index (κ3) is 4.21. The van der Waals surface area contributed by atoms with Crippen LogP contribution >= 0.6 is 0 Å². The molecule has 0 aromatic heterocycles. The summed E-state index contributed by atoms with van der Waals surface area (Å²) >= 11 is 0. The standard InChI is InChI=1S/C24H21F3O2/c1-14(28)19-10-8-17(23(26)24(19)27)7-4-15-2-5-16(6-3-15)20-11-9-18(12-21(20)25)22-13-29-22/h2-3,5-6,8-12,14,22,28H,4,7,13H2,1H3. The van der Waals surface area contributed by atoms with Crippen LogP contribution in [0.1, 0.15) is 41.4 Å². The van der Waals surface area contributed by atoms with Crippen LogP contribution in [-0.2, 0) is 17.6 Å². The van der Waals surface area contributed by atoms with Crippen LogP contribution < -0.4 is 0 Å². The van der Waals surface area contributed by atoms with Gasteiger partial charge in [0.05, 0.1) is 12.7 Å². The third-order valence-electron chi connectivity index (χ3n) is 5.29. The molecule has 1 saturated heterocycles. The molecule has 1 aliphatic heterocycles. The zero-order valence-electron chi connectivity index (χ0n) is 16.0. The molecular weight excluding hydrogens is 377 g/mol. The summed E-state index contributed by atoms with van der Waals surface area (Å²) in [5.41, 5.74) is 3.28. The van der Waals surface area contributed by atoms with E-state index in [2.05, 4.69) is 0 Å². The third-order valence-corrected chi connectivity index (χ3v) is 5.29. The van der Waals surface area contributed by atoms with Crippen LogP contribution in [0.5, 0.6) is 0 Å². The van der Waals surface area contributed by atoms with Crippen LogP contribution in [0.15, 0.2) is 54.6 Å². The summed E-state index contributed by atoms with van der Waals surface area (Å²) in [4.78, 5) is 0. The smallest absolute Gasteiger partial charge is 0.164 e. The van der Waals surface area contributed by atoms with Crippen molar-refractivity contribution < 1.29 is 23.0 Å². The molecule has 0 aliphatic carbocycles. The molecule has 2 unspecified atom stereocenters. The topological polar surface area (TPSA) is 32.8 Å². The maximum atomic E-state index is 14.4. The first kappa shape index (κ1) is 19.7. The zero-order chi connectivity index (χ0) is 20.5. The van der Waals surface area contributed by atoms with Crippen molar-refractivity contribution in [1.29, 1.82) is 0 Å². The van der Waals surface area contributed by atoms with Crippen LogP contribution in [0.25, 0.3) is 11.1 Å². The Balaban J connectivity index is 1.46. The first-order valence-corrected chi connectivity index (χ1v) is 9.59. The number of aryl methyl sites for hydroxylation is 2. The molecule has 0 amide bonds. The average Bonchev–Trinajstić information content (AvgIpc) is 3.55. The lowest BCUT2D eigenvalue weighted by Gasteiger charge is -2.11. The lowest BCUT2D eigenvalue weighted by molar-refractivity contribution is 0.192. The van der Waals surface area contributed by atoms with Gasteiger partial charge in [0.1, 0.15) is 11.9 Å². The minimum atomic E-state index is -1.06. The molecule has 1 aliphatic rings. The Morgan fingerprint density at radius 3 is 2.31 bits per heavy atom. The van der Waals surface area contributed by atoms with Crippen molar-refractivity contribution in [3.63, 3.8) is 0 Å². The monoisotopic (exact) mass is 398 g/mol. The van der Waals surface area contributed by atoms with Crippen LogP contribution in [0, 0.1) is 17.5 Å². The van der Waals surface area contributed by atoms with Crippen LogP contribution in [0.4, 0.5) is 13.2 Å². The number of rotatable bonds is 6. The first-order valence-electron chi connectivity index (χ1n) is 9.59. The predicted molar refractivity (Wildman–Crippen MR) is 105 cm³/mol. The van der Waals surface area contributed by atoms with Gasteiger partial charge in [-0.1, -0.05) is 48.5 Å². The van der Waals surface area contributed by atoms with Crippen molar-refractivity contribution >= 4 is 0 Å². The van der Waals surface area contributed by atoms with E-state index in [1.165, 1.54) is 25.1 Å². The van der Waals surface area contributed by atoms with Gasteiger partial charge in [0, 0.05) is 11.1 Å². The van der Waals surface area contributed by atoms with Crippen molar-refractivity contribution in [1.82, 2.24) is 0 Å². The van der Waals surface area contributed by atoms with Gasteiger partial charge < -0.3 is 9.84 Å². The van der Waals surface area contributed by atoms with Gasteiger partial charge in [-0.25, -0.2) is 13.2 Å². The number of epoxide rings is 1. The van der Waals surface area contributed by atoms with E-state index in [1.54, 1.807) is 6.07 Å². The van der Waals surface area contributed by atoms with E-state index in [0.717, 1.165) is 16.7 Å². The van der Waals surface area contributed by atoms with Crippen molar-refractivity contribution in [2.75, 3.05) is 6.61 Å².